The number of aromatic nitrogens is 2. The summed E-state index contributed by atoms with van der Waals surface area (Å²) in [6.45, 7) is 8.53. The zero-order chi connectivity index (χ0) is 19.9. The topological polar surface area (TPSA) is 70.5 Å². The number of benzene rings is 2. The van der Waals surface area contributed by atoms with E-state index >= 15 is 0 Å². The monoisotopic (exact) mass is 375 g/mol. The number of nitroso groups, excluding NO2 is 1. The van der Waals surface area contributed by atoms with Gasteiger partial charge in [0.25, 0.3) is 0 Å². The molecule has 3 aromatic rings. The quantitative estimate of drug-likeness (QED) is 0.525. The molecule has 0 saturated heterocycles. The molecule has 0 unspecified atom stereocenters. The molecular weight excluding hydrogens is 350 g/mol. The van der Waals surface area contributed by atoms with Gasteiger partial charge in [0.05, 0.1) is 5.69 Å². The summed E-state index contributed by atoms with van der Waals surface area (Å²) in [6, 6.07) is 17.8. The van der Waals surface area contributed by atoms with Crippen molar-refractivity contribution in [1.82, 2.24) is 14.9 Å². The molecule has 1 N–H and O–H groups in total. The van der Waals surface area contributed by atoms with E-state index in [1.807, 2.05) is 12.1 Å². The van der Waals surface area contributed by atoms with Crippen molar-refractivity contribution in [2.24, 2.45) is 5.18 Å². The van der Waals surface area contributed by atoms with Crippen LogP contribution in [-0.4, -0.2) is 27.5 Å². The maximum atomic E-state index is 10.7. The number of anilines is 2. The Hall–Kier alpha value is -3.12. The second kappa shape index (κ2) is 9.19. The van der Waals surface area contributed by atoms with Crippen molar-refractivity contribution in [3.63, 3.8) is 0 Å². The van der Waals surface area contributed by atoms with Crippen LogP contribution in [0.1, 0.15) is 26.3 Å². The molecule has 3 rings (SSSR count). The van der Waals surface area contributed by atoms with Gasteiger partial charge in [0.15, 0.2) is 0 Å². The van der Waals surface area contributed by atoms with Crippen LogP contribution in [0.5, 0.6) is 0 Å². The first-order valence-corrected chi connectivity index (χ1v) is 9.46. The summed E-state index contributed by atoms with van der Waals surface area (Å²) in [5.74, 6) is 0.475. The zero-order valence-electron chi connectivity index (χ0n) is 16.5. The average Bonchev–Trinajstić information content (AvgIpc) is 2.72. The Morgan fingerprint density at radius 2 is 1.93 bits per heavy atom. The Kier molecular flexibility index (Phi) is 6.45. The molecule has 144 valence electrons. The molecule has 0 radical (unpaired) electrons. The molecule has 6 nitrogen and oxygen atoms in total. The Morgan fingerprint density at radius 1 is 1.11 bits per heavy atom. The Balaban J connectivity index is 1.81. The van der Waals surface area contributed by atoms with Gasteiger partial charge in [-0.25, -0.2) is 9.97 Å². The highest BCUT2D eigenvalue weighted by atomic mass is 16.3. The summed E-state index contributed by atoms with van der Waals surface area (Å²) < 4.78 is 0. The standard InChI is InChI=1S/C22H25N5O/c1-4-27(16(2)3)15-17-7-5-8-18(13-17)21-11-12-23-22(25-21)24-19-9-6-10-20(14-19)26-28/h5-14,16H,4,15H2,1-3H3,(H,23,24,25). The van der Waals surface area contributed by atoms with E-state index in [0.717, 1.165) is 30.0 Å². The predicted octanol–water partition coefficient (Wildman–Crippen LogP) is 5.52. The Labute approximate surface area is 165 Å². The van der Waals surface area contributed by atoms with Crippen molar-refractivity contribution in [1.29, 1.82) is 0 Å². The highest BCUT2D eigenvalue weighted by Crippen LogP contribution is 2.23. The maximum absolute atomic E-state index is 10.7. The van der Waals surface area contributed by atoms with E-state index in [0.29, 0.717) is 17.7 Å². The van der Waals surface area contributed by atoms with Gasteiger partial charge < -0.3 is 5.32 Å². The summed E-state index contributed by atoms with van der Waals surface area (Å²) in [5, 5.41) is 6.09. The molecule has 0 atom stereocenters. The molecule has 0 aliphatic carbocycles. The molecule has 1 heterocycles. The summed E-state index contributed by atoms with van der Waals surface area (Å²) in [5.41, 5.74) is 4.23. The van der Waals surface area contributed by atoms with Crippen LogP contribution in [0.25, 0.3) is 11.3 Å². The molecule has 0 spiro atoms. The second-order valence-electron chi connectivity index (χ2n) is 6.89. The minimum absolute atomic E-state index is 0.361. The average molecular weight is 375 g/mol. The van der Waals surface area contributed by atoms with Crippen molar-refractivity contribution < 1.29 is 0 Å². The van der Waals surface area contributed by atoms with Gasteiger partial charge >= 0.3 is 0 Å². The summed E-state index contributed by atoms with van der Waals surface area (Å²) in [6.07, 6.45) is 1.73. The van der Waals surface area contributed by atoms with Crippen LogP contribution < -0.4 is 5.32 Å². The van der Waals surface area contributed by atoms with Gasteiger partial charge in [-0.05, 0) is 61.5 Å². The van der Waals surface area contributed by atoms with Crippen LogP contribution in [0.3, 0.4) is 0 Å². The van der Waals surface area contributed by atoms with E-state index in [9.17, 15) is 4.91 Å². The van der Waals surface area contributed by atoms with Crippen LogP contribution in [0, 0.1) is 4.91 Å². The maximum Gasteiger partial charge on any atom is 0.227 e. The van der Waals surface area contributed by atoms with Crippen LogP contribution in [0.4, 0.5) is 17.3 Å². The number of nitrogens with one attached hydrogen (secondary N) is 1. The van der Waals surface area contributed by atoms with E-state index in [2.05, 4.69) is 70.4 Å². The van der Waals surface area contributed by atoms with E-state index in [1.165, 1.54) is 5.56 Å². The van der Waals surface area contributed by atoms with Crippen molar-refractivity contribution >= 4 is 17.3 Å². The van der Waals surface area contributed by atoms with Crippen molar-refractivity contribution in [2.75, 3.05) is 11.9 Å². The first-order chi connectivity index (χ1) is 13.6. The Bertz CT molecular complexity index is 941. The molecule has 0 bridgehead atoms. The number of rotatable bonds is 8. The molecule has 0 aliphatic heterocycles. The van der Waals surface area contributed by atoms with Gasteiger partial charge in [-0.3, -0.25) is 4.90 Å². The van der Waals surface area contributed by atoms with Crippen LogP contribution in [0.2, 0.25) is 0 Å². The van der Waals surface area contributed by atoms with Crippen LogP contribution in [0.15, 0.2) is 66.0 Å². The zero-order valence-corrected chi connectivity index (χ0v) is 16.5. The molecule has 0 fully saturated rings. The molecule has 0 saturated carbocycles. The van der Waals surface area contributed by atoms with Gasteiger partial charge in [-0.1, -0.05) is 31.2 Å². The van der Waals surface area contributed by atoms with Crippen molar-refractivity contribution in [3.8, 4) is 11.3 Å². The van der Waals surface area contributed by atoms with Gasteiger partial charge in [0, 0.05) is 30.0 Å². The lowest BCUT2D eigenvalue weighted by atomic mass is 10.1. The molecule has 28 heavy (non-hydrogen) atoms. The van der Waals surface area contributed by atoms with Crippen LogP contribution in [-0.2, 0) is 6.54 Å². The minimum Gasteiger partial charge on any atom is -0.324 e. The predicted molar refractivity (Wildman–Crippen MR) is 114 cm³/mol. The second-order valence-corrected chi connectivity index (χ2v) is 6.89. The molecule has 6 heteroatoms. The van der Waals surface area contributed by atoms with Crippen LogP contribution >= 0.6 is 0 Å². The van der Waals surface area contributed by atoms with Gasteiger partial charge in [-0.15, -0.1) is 4.91 Å². The molecular formula is C22H25N5O. The lowest BCUT2D eigenvalue weighted by molar-refractivity contribution is 0.225. The highest BCUT2D eigenvalue weighted by molar-refractivity contribution is 5.64. The smallest absolute Gasteiger partial charge is 0.227 e. The fourth-order valence-corrected chi connectivity index (χ4v) is 3.07. The van der Waals surface area contributed by atoms with Gasteiger partial charge in [-0.2, -0.15) is 0 Å². The van der Waals surface area contributed by atoms with E-state index < -0.39 is 0 Å². The van der Waals surface area contributed by atoms with E-state index in [4.69, 9.17) is 0 Å². The number of hydrogen-bond donors (Lipinski definition) is 1. The van der Waals surface area contributed by atoms with E-state index in [-0.39, 0.29) is 0 Å². The summed E-state index contributed by atoms with van der Waals surface area (Å²) in [4.78, 5) is 22.0. The third-order valence-corrected chi connectivity index (χ3v) is 4.61. The normalized spacial score (nSPS) is 11.0. The summed E-state index contributed by atoms with van der Waals surface area (Å²) in [7, 11) is 0. The third kappa shape index (κ3) is 4.98. The van der Waals surface area contributed by atoms with E-state index in [1.54, 1.807) is 24.4 Å². The van der Waals surface area contributed by atoms with Crippen molar-refractivity contribution in [2.45, 2.75) is 33.4 Å². The lowest BCUT2D eigenvalue weighted by Crippen LogP contribution is -2.29. The first-order valence-electron chi connectivity index (χ1n) is 9.46. The van der Waals surface area contributed by atoms with Gasteiger partial charge in [0.2, 0.25) is 5.95 Å². The number of nitrogens with zero attached hydrogens (tertiary/aromatic N) is 4. The summed E-state index contributed by atoms with van der Waals surface area (Å²) >= 11 is 0. The Morgan fingerprint density at radius 3 is 2.68 bits per heavy atom. The number of hydrogen-bond acceptors (Lipinski definition) is 6. The fourth-order valence-electron chi connectivity index (χ4n) is 3.07. The minimum atomic E-state index is 0.361. The molecule has 0 aliphatic rings. The SMILES string of the molecule is CCN(Cc1cccc(-c2ccnc(Nc3cccc(N=O)c3)n2)c1)C(C)C. The van der Waals surface area contributed by atoms with Crippen molar-refractivity contribution in [3.05, 3.63) is 71.3 Å². The third-order valence-electron chi connectivity index (χ3n) is 4.61. The highest BCUT2D eigenvalue weighted by Gasteiger charge is 2.09. The molecule has 0 amide bonds. The molecule has 1 aromatic heterocycles. The first kappa shape index (κ1) is 19.6. The fraction of sp³-hybridized carbons (Fsp3) is 0.273. The lowest BCUT2D eigenvalue weighted by Gasteiger charge is -2.24. The largest absolute Gasteiger partial charge is 0.324 e. The van der Waals surface area contributed by atoms with Gasteiger partial charge in [0.1, 0.15) is 5.69 Å². The molecule has 2 aromatic carbocycles.